The molecule has 111 valence electrons. The van der Waals surface area contributed by atoms with Gasteiger partial charge in [-0.25, -0.2) is 0 Å². The van der Waals surface area contributed by atoms with E-state index in [4.69, 9.17) is 21.1 Å². The van der Waals surface area contributed by atoms with Gasteiger partial charge in [0.25, 0.3) is 0 Å². The molecule has 0 aliphatic heterocycles. The molecule has 5 heteroatoms. The first-order valence-corrected chi connectivity index (χ1v) is 7.06. The minimum absolute atomic E-state index is 0.537. The number of aromatic nitrogens is 1. The van der Waals surface area contributed by atoms with Crippen LogP contribution in [0.1, 0.15) is 5.56 Å². The van der Waals surface area contributed by atoms with Crippen molar-refractivity contribution in [3.8, 4) is 5.75 Å². The SMILES string of the molecule is COC[CH]c1ccc(OCCNc2ccncc2)cc1Cl. The van der Waals surface area contributed by atoms with Crippen LogP contribution in [0.25, 0.3) is 0 Å². The number of pyridine rings is 1. The Morgan fingerprint density at radius 2 is 2.05 bits per heavy atom. The van der Waals surface area contributed by atoms with Crippen molar-refractivity contribution in [1.82, 2.24) is 4.98 Å². The van der Waals surface area contributed by atoms with Gasteiger partial charge in [-0.05, 0) is 29.8 Å². The van der Waals surface area contributed by atoms with E-state index >= 15 is 0 Å². The van der Waals surface area contributed by atoms with E-state index in [0.717, 1.165) is 17.0 Å². The van der Waals surface area contributed by atoms with Crippen LogP contribution in [0.3, 0.4) is 0 Å². The average Bonchev–Trinajstić information content (AvgIpc) is 2.52. The third-order valence-electron chi connectivity index (χ3n) is 2.82. The van der Waals surface area contributed by atoms with Gasteiger partial charge in [-0.2, -0.15) is 0 Å². The lowest BCUT2D eigenvalue weighted by atomic mass is 10.1. The number of hydrogen-bond acceptors (Lipinski definition) is 4. The summed E-state index contributed by atoms with van der Waals surface area (Å²) < 4.78 is 10.7. The first-order chi connectivity index (χ1) is 10.3. The Morgan fingerprint density at radius 3 is 2.76 bits per heavy atom. The molecule has 0 aliphatic rings. The van der Waals surface area contributed by atoms with Crippen molar-refractivity contribution in [3.63, 3.8) is 0 Å². The molecule has 0 unspecified atom stereocenters. The first kappa shape index (κ1) is 15.6. The number of nitrogens with zero attached hydrogens (tertiary/aromatic N) is 1. The highest BCUT2D eigenvalue weighted by Gasteiger charge is 2.03. The monoisotopic (exact) mass is 305 g/mol. The van der Waals surface area contributed by atoms with Crippen LogP contribution in [-0.4, -0.2) is 31.9 Å². The van der Waals surface area contributed by atoms with Crippen LogP contribution in [0.4, 0.5) is 5.69 Å². The maximum absolute atomic E-state index is 6.18. The normalized spacial score (nSPS) is 10.4. The molecule has 1 aromatic heterocycles. The zero-order valence-corrected chi connectivity index (χ0v) is 12.6. The number of methoxy groups -OCH3 is 1. The minimum Gasteiger partial charge on any atom is -0.492 e. The van der Waals surface area contributed by atoms with Gasteiger partial charge in [0.05, 0.1) is 6.61 Å². The van der Waals surface area contributed by atoms with Gasteiger partial charge in [0, 0.05) is 43.2 Å². The van der Waals surface area contributed by atoms with Crippen molar-refractivity contribution in [2.24, 2.45) is 0 Å². The lowest BCUT2D eigenvalue weighted by Crippen LogP contribution is -2.11. The van der Waals surface area contributed by atoms with E-state index in [1.54, 1.807) is 19.5 Å². The van der Waals surface area contributed by atoms with Gasteiger partial charge in [0.2, 0.25) is 0 Å². The standard InChI is InChI=1S/C16H18ClN2O2/c1-20-10-6-13-2-3-15(12-16(13)17)21-11-9-19-14-4-7-18-8-5-14/h2-8,12H,9-11H2,1H3,(H,18,19). The quantitative estimate of drug-likeness (QED) is 0.759. The Labute approximate surface area is 130 Å². The topological polar surface area (TPSA) is 43.4 Å². The summed E-state index contributed by atoms with van der Waals surface area (Å²) >= 11 is 6.18. The van der Waals surface area contributed by atoms with Crippen LogP contribution in [-0.2, 0) is 4.74 Å². The predicted molar refractivity (Wildman–Crippen MR) is 85.0 cm³/mol. The Balaban J connectivity index is 1.77. The molecule has 2 rings (SSSR count). The second-order valence-electron chi connectivity index (χ2n) is 4.35. The van der Waals surface area contributed by atoms with Crippen LogP contribution in [0.15, 0.2) is 42.7 Å². The zero-order valence-electron chi connectivity index (χ0n) is 11.9. The Hall–Kier alpha value is -1.78. The Morgan fingerprint density at radius 1 is 1.24 bits per heavy atom. The molecule has 2 aromatic rings. The third-order valence-corrected chi connectivity index (χ3v) is 3.15. The fraction of sp³-hybridized carbons (Fsp3) is 0.250. The number of rotatable bonds is 8. The molecule has 1 heterocycles. The van der Waals surface area contributed by atoms with Gasteiger partial charge in [0.1, 0.15) is 12.4 Å². The molecule has 0 aliphatic carbocycles. The van der Waals surface area contributed by atoms with E-state index in [9.17, 15) is 0 Å². The summed E-state index contributed by atoms with van der Waals surface area (Å²) in [6.07, 6.45) is 5.42. The predicted octanol–water partition coefficient (Wildman–Crippen LogP) is 3.42. The summed E-state index contributed by atoms with van der Waals surface area (Å²) in [5.74, 6) is 0.756. The van der Waals surface area contributed by atoms with Crippen LogP contribution in [0.5, 0.6) is 5.75 Å². The lowest BCUT2D eigenvalue weighted by Gasteiger charge is -2.10. The molecule has 0 saturated carbocycles. The fourth-order valence-corrected chi connectivity index (χ4v) is 2.02. The third kappa shape index (κ3) is 5.25. The lowest BCUT2D eigenvalue weighted by molar-refractivity contribution is 0.225. The van der Waals surface area contributed by atoms with Crippen LogP contribution in [0.2, 0.25) is 5.02 Å². The number of hydrogen-bond donors (Lipinski definition) is 1. The summed E-state index contributed by atoms with van der Waals surface area (Å²) in [5, 5.41) is 3.91. The summed E-state index contributed by atoms with van der Waals surface area (Å²) in [6, 6.07) is 9.47. The van der Waals surface area contributed by atoms with Gasteiger partial charge in [0.15, 0.2) is 0 Å². The molecule has 21 heavy (non-hydrogen) atoms. The highest BCUT2D eigenvalue weighted by atomic mass is 35.5. The molecule has 1 N–H and O–H groups in total. The molecule has 0 spiro atoms. The van der Waals surface area contributed by atoms with E-state index in [0.29, 0.717) is 24.8 Å². The van der Waals surface area contributed by atoms with Crippen LogP contribution < -0.4 is 10.1 Å². The largest absolute Gasteiger partial charge is 0.492 e. The summed E-state index contributed by atoms with van der Waals surface area (Å²) in [7, 11) is 1.65. The molecule has 0 bridgehead atoms. The van der Waals surface area contributed by atoms with Crippen molar-refractivity contribution in [3.05, 3.63) is 59.7 Å². The highest BCUT2D eigenvalue weighted by molar-refractivity contribution is 6.31. The second kappa shape index (κ2) is 8.49. The molecule has 0 atom stereocenters. The molecule has 0 fully saturated rings. The van der Waals surface area contributed by atoms with E-state index in [-0.39, 0.29) is 0 Å². The van der Waals surface area contributed by atoms with E-state index in [1.165, 1.54) is 0 Å². The summed E-state index contributed by atoms with van der Waals surface area (Å²) in [5.41, 5.74) is 1.97. The smallest absolute Gasteiger partial charge is 0.120 e. The summed E-state index contributed by atoms with van der Waals surface area (Å²) in [6.45, 7) is 1.80. The van der Waals surface area contributed by atoms with Gasteiger partial charge in [-0.1, -0.05) is 17.7 Å². The highest BCUT2D eigenvalue weighted by Crippen LogP contribution is 2.23. The molecular formula is C16H18ClN2O2. The average molecular weight is 306 g/mol. The Kier molecular flexibility index (Phi) is 6.31. The molecule has 1 aromatic carbocycles. The molecule has 1 radical (unpaired) electrons. The maximum Gasteiger partial charge on any atom is 0.120 e. The molecular weight excluding hydrogens is 288 g/mol. The van der Waals surface area contributed by atoms with Gasteiger partial charge in [-0.15, -0.1) is 0 Å². The van der Waals surface area contributed by atoms with Crippen LogP contribution in [0, 0.1) is 6.42 Å². The van der Waals surface area contributed by atoms with Gasteiger partial charge < -0.3 is 14.8 Å². The molecule has 0 saturated heterocycles. The number of anilines is 1. The molecule has 0 amide bonds. The number of nitrogens with one attached hydrogen (secondary N) is 1. The van der Waals surface area contributed by atoms with E-state index in [2.05, 4.69) is 10.3 Å². The maximum atomic E-state index is 6.18. The number of halogens is 1. The van der Waals surface area contributed by atoms with Crippen LogP contribution >= 0.6 is 11.6 Å². The van der Waals surface area contributed by atoms with E-state index < -0.39 is 0 Å². The van der Waals surface area contributed by atoms with Gasteiger partial charge >= 0.3 is 0 Å². The van der Waals surface area contributed by atoms with Gasteiger partial charge in [-0.3, -0.25) is 4.98 Å². The summed E-state index contributed by atoms with van der Waals surface area (Å²) in [4.78, 5) is 3.96. The van der Waals surface area contributed by atoms with E-state index in [1.807, 2.05) is 36.8 Å². The minimum atomic E-state index is 0.537. The van der Waals surface area contributed by atoms with Crippen molar-refractivity contribution in [2.45, 2.75) is 0 Å². The van der Waals surface area contributed by atoms with Crippen molar-refractivity contribution >= 4 is 17.3 Å². The zero-order chi connectivity index (χ0) is 14.9. The molecule has 4 nitrogen and oxygen atoms in total. The first-order valence-electron chi connectivity index (χ1n) is 6.68. The number of ether oxygens (including phenoxy) is 2. The Bertz CT molecular complexity index is 549. The van der Waals surface area contributed by atoms with Crippen molar-refractivity contribution in [2.75, 3.05) is 32.2 Å². The number of benzene rings is 1. The second-order valence-corrected chi connectivity index (χ2v) is 4.76. The van der Waals surface area contributed by atoms with Crippen molar-refractivity contribution in [1.29, 1.82) is 0 Å². The fourth-order valence-electron chi connectivity index (χ4n) is 1.77. The van der Waals surface area contributed by atoms with Crippen molar-refractivity contribution < 1.29 is 9.47 Å².